The van der Waals surface area contributed by atoms with Gasteiger partial charge in [-0.2, -0.15) is 0 Å². The first kappa shape index (κ1) is 20.2. The fourth-order valence-electron chi connectivity index (χ4n) is 5.91. The van der Waals surface area contributed by atoms with Gasteiger partial charge in [0.25, 0.3) is 5.91 Å². The number of amides is 1. The number of aromatic nitrogens is 2. The maximum absolute atomic E-state index is 13.1. The zero-order valence-electron chi connectivity index (χ0n) is 18.3. The summed E-state index contributed by atoms with van der Waals surface area (Å²) in [5, 5.41) is 2.90. The second-order valence-corrected chi connectivity index (χ2v) is 9.10. The van der Waals surface area contributed by atoms with Crippen LogP contribution in [0.25, 0.3) is 0 Å². The summed E-state index contributed by atoms with van der Waals surface area (Å²) in [6.07, 6.45) is 8.18. The Morgan fingerprint density at radius 1 is 1.10 bits per heavy atom. The van der Waals surface area contributed by atoms with Gasteiger partial charge in [0.05, 0.1) is 12.7 Å². The van der Waals surface area contributed by atoms with Crippen LogP contribution in [0.5, 0.6) is 5.75 Å². The van der Waals surface area contributed by atoms with Crippen molar-refractivity contribution in [3.05, 3.63) is 47.8 Å². The van der Waals surface area contributed by atoms with Crippen LogP contribution in [0.2, 0.25) is 0 Å². The third-order valence-corrected chi connectivity index (χ3v) is 7.30. The number of benzene rings is 1. The van der Waals surface area contributed by atoms with Crippen molar-refractivity contribution >= 4 is 11.9 Å². The largest absolute Gasteiger partial charge is 0.497 e. The van der Waals surface area contributed by atoms with E-state index >= 15 is 0 Å². The quantitative estimate of drug-likeness (QED) is 0.818. The summed E-state index contributed by atoms with van der Waals surface area (Å²) in [6, 6.07) is 9.62. The second-order valence-electron chi connectivity index (χ2n) is 9.10. The molecular weight excluding hydrogens is 390 g/mol. The highest BCUT2D eigenvalue weighted by Crippen LogP contribution is 2.44. The van der Waals surface area contributed by atoms with Gasteiger partial charge in [0.2, 0.25) is 5.95 Å². The summed E-state index contributed by atoms with van der Waals surface area (Å²) < 4.78 is 5.34. The highest BCUT2D eigenvalue weighted by atomic mass is 16.5. The minimum Gasteiger partial charge on any atom is -0.497 e. The van der Waals surface area contributed by atoms with E-state index in [1.54, 1.807) is 26.6 Å². The molecule has 0 radical (unpaired) electrons. The lowest BCUT2D eigenvalue weighted by molar-refractivity contribution is -0.0511. The molecule has 4 atom stereocenters. The molecule has 7 nitrogen and oxygen atoms in total. The lowest BCUT2D eigenvalue weighted by atomic mass is 9.74. The molecule has 31 heavy (non-hydrogen) atoms. The summed E-state index contributed by atoms with van der Waals surface area (Å²) in [4.78, 5) is 26.4. The fraction of sp³-hybridized carbons (Fsp3) is 0.542. The van der Waals surface area contributed by atoms with Gasteiger partial charge in [-0.1, -0.05) is 12.1 Å². The lowest BCUT2D eigenvalue weighted by Crippen LogP contribution is -2.60. The molecular formula is C24H31N5O2. The molecule has 4 heterocycles. The monoisotopic (exact) mass is 421 g/mol. The van der Waals surface area contributed by atoms with Crippen LogP contribution < -0.4 is 10.1 Å². The van der Waals surface area contributed by atoms with E-state index in [1.165, 1.54) is 31.2 Å². The Balaban J connectivity index is 1.32. The van der Waals surface area contributed by atoms with Crippen molar-refractivity contribution in [1.82, 2.24) is 19.8 Å². The van der Waals surface area contributed by atoms with Crippen molar-refractivity contribution in [3.8, 4) is 5.75 Å². The molecule has 164 valence electrons. The van der Waals surface area contributed by atoms with Gasteiger partial charge in [-0.3, -0.25) is 9.69 Å². The van der Waals surface area contributed by atoms with E-state index in [9.17, 15) is 4.79 Å². The zero-order chi connectivity index (χ0) is 21.4. The van der Waals surface area contributed by atoms with Gasteiger partial charge >= 0.3 is 0 Å². The molecule has 1 amide bonds. The highest BCUT2D eigenvalue weighted by molar-refractivity contribution is 5.93. The van der Waals surface area contributed by atoms with Gasteiger partial charge in [-0.25, -0.2) is 9.97 Å². The summed E-state index contributed by atoms with van der Waals surface area (Å²) >= 11 is 0. The van der Waals surface area contributed by atoms with Crippen LogP contribution in [0.4, 0.5) is 5.95 Å². The van der Waals surface area contributed by atoms with Gasteiger partial charge in [-0.05, 0) is 55.2 Å². The van der Waals surface area contributed by atoms with E-state index in [1.807, 2.05) is 4.90 Å². The van der Waals surface area contributed by atoms with Crippen molar-refractivity contribution in [2.45, 2.75) is 37.8 Å². The summed E-state index contributed by atoms with van der Waals surface area (Å²) in [7, 11) is 3.49. The zero-order valence-corrected chi connectivity index (χ0v) is 18.3. The van der Waals surface area contributed by atoms with E-state index in [0.29, 0.717) is 35.4 Å². The van der Waals surface area contributed by atoms with Crippen molar-refractivity contribution in [2.24, 2.45) is 11.8 Å². The van der Waals surface area contributed by atoms with Crippen LogP contribution in [-0.2, 0) is 0 Å². The maximum atomic E-state index is 13.1. The predicted octanol–water partition coefficient (Wildman–Crippen LogP) is 3.21. The number of piperidine rings is 3. The molecule has 5 rings (SSSR count). The number of methoxy groups -OCH3 is 1. The van der Waals surface area contributed by atoms with Crippen LogP contribution in [0, 0.1) is 11.8 Å². The number of hydrogen-bond acceptors (Lipinski definition) is 6. The first-order valence-electron chi connectivity index (χ1n) is 11.3. The molecule has 2 bridgehead atoms. The van der Waals surface area contributed by atoms with E-state index in [4.69, 9.17) is 4.74 Å². The standard InChI is InChI=1S/C24H31N5O2/c1-25-24-26-11-19(12-27-24)23(30)28-13-16-10-18(15-28)22-5-3-4-21(29(22)14-16)17-6-8-20(31-2)9-7-17/h6-9,11-12,16,18,21-22H,3-5,10,13-15H2,1-2H3,(H,25,26,27)/t16-,18+,21+,22-/m0/s1. The first-order valence-corrected chi connectivity index (χ1v) is 11.3. The number of nitrogens with zero attached hydrogens (tertiary/aromatic N) is 4. The second kappa shape index (κ2) is 8.46. The lowest BCUT2D eigenvalue weighted by Gasteiger charge is -2.55. The molecule has 3 aliphatic rings. The summed E-state index contributed by atoms with van der Waals surface area (Å²) in [6.45, 7) is 2.72. The first-order chi connectivity index (χ1) is 15.2. The predicted molar refractivity (Wildman–Crippen MR) is 119 cm³/mol. The number of ether oxygens (including phenoxy) is 1. The smallest absolute Gasteiger partial charge is 0.257 e. The number of likely N-dealkylation sites (tertiary alicyclic amines) is 1. The van der Waals surface area contributed by atoms with E-state index in [0.717, 1.165) is 25.4 Å². The topological polar surface area (TPSA) is 70.6 Å². The molecule has 0 saturated carbocycles. The molecule has 3 fully saturated rings. The average molecular weight is 422 g/mol. The van der Waals surface area contributed by atoms with Crippen molar-refractivity contribution < 1.29 is 9.53 Å². The molecule has 3 saturated heterocycles. The molecule has 0 aliphatic carbocycles. The molecule has 1 aromatic heterocycles. The van der Waals surface area contributed by atoms with Gasteiger partial charge in [0.1, 0.15) is 5.75 Å². The molecule has 7 heteroatoms. The van der Waals surface area contributed by atoms with E-state index in [-0.39, 0.29) is 5.91 Å². The van der Waals surface area contributed by atoms with Gasteiger partial charge in [0.15, 0.2) is 0 Å². The normalized spacial score (nSPS) is 28.0. The summed E-state index contributed by atoms with van der Waals surface area (Å²) in [5.74, 6) is 2.57. The maximum Gasteiger partial charge on any atom is 0.257 e. The van der Waals surface area contributed by atoms with Crippen molar-refractivity contribution in [3.63, 3.8) is 0 Å². The van der Waals surface area contributed by atoms with Crippen molar-refractivity contribution in [2.75, 3.05) is 39.1 Å². The van der Waals surface area contributed by atoms with Gasteiger partial charge < -0.3 is 15.0 Å². The molecule has 0 spiro atoms. The Labute approximate surface area is 183 Å². The fourth-order valence-corrected chi connectivity index (χ4v) is 5.91. The third-order valence-electron chi connectivity index (χ3n) is 7.30. The number of carbonyl (C=O) groups excluding carboxylic acids is 1. The number of rotatable bonds is 4. The molecule has 1 N–H and O–H groups in total. The van der Waals surface area contributed by atoms with Gasteiger partial charge in [0, 0.05) is 51.2 Å². The Kier molecular flexibility index (Phi) is 5.52. The number of nitrogens with one attached hydrogen (secondary N) is 1. The van der Waals surface area contributed by atoms with Gasteiger partial charge in [-0.15, -0.1) is 0 Å². The number of anilines is 1. The highest BCUT2D eigenvalue weighted by Gasteiger charge is 2.45. The number of hydrogen-bond donors (Lipinski definition) is 1. The summed E-state index contributed by atoms with van der Waals surface area (Å²) in [5.41, 5.74) is 1.97. The Morgan fingerprint density at radius 3 is 2.58 bits per heavy atom. The van der Waals surface area contributed by atoms with Crippen LogP contribution in [0.1, 0.15) is 47.6 Å². The van der Waals surface area contributed by atoms with E-state index < -0.39 is 0 Å². The Morgan fingerprint density at radius 2 is 1.87 bits per heavy atom. The number of fused-ring (bicyclic) bond motifs is 4. The Hall–Kier alpha value is -2.67. The van der Waals surface area contributed by atoms with Crippen molar-refractivity contribution in [1.29, 1.82) is 0 Å². The van der Waals surface area contributed by atoms with Crippen LogP contribution >= 0.6 is 0 Å². The molecule has 2 aromatic rings. The SMILES string of the molecule is CNc1ncc(C(=O)N2C[C@@H]3C[C@H](C2)[C@@H]2CCC[C@H](c4ccc(OC)cc4)N2C3)cn1. The molecule has 3 aliphatic heterocycles. The molecule has 1 aromatic carbocycles. The minimum atomic E-state index is 0.0633. The Bertz CT molecular complexity index is 917. The minimum absolute atomic E-state index is 0.0633. The average Bonchev–Trinajstić information content (AvgIpc) is 2.83. The van der Waals surface area contributed by atoms with Crippen LogP contribution in [0.15, 0.2) is 36.7 Å². The number of carbonyl (C=O) groups is 1. The van der Waals surface area contributed by atoms with E-state index in [2.05, 4.69) is 44.5 Å². The van der Waals surface area contributed by atoms with Crippen LogP contribution in [-0.4, -0.2) is 65.5 Å². The molecule has 0 unspecified atom stereocenters. The van der Waals surface area contributed by atoms with Crippen LogP contribution in [0.3, 0.4) is 0 Å². The third kappa shape index (κ3) is 3.87.